The Morgan fingerprint density at radius 2 is 1.81 bits per heavy atom. The van der Waals surface area contributed by atoms with Gasteiger partial charge >= 0.3 is 6.01 Å². The van der Waals surface area contributed by atoms with Gasteiger partial charge in [0.1, 0.15) is 0 Å². The molecule has 2 aromatic carbocycles. The molecule has 1 aromatic heterocycles. The molecule has 0 aliphatic carbocycles. The van der Waals surface area contributed by atoms with Crippen LogP contribution in [0.4, 0.5) is 6.01 Å². The van der Waals surface area contributed by atoms with Crippen LogP contribution in [0.15, 0.2) is 51.8 Å². The number of anilines is 1. The molecule has 0 aliphatic rings. The Morgan fingerprint density at radius 1 is 1.07 bits per heavy atom. The van der Waals surface area contributed by atoms with Gasteiger partial charge in [0.25, 0.3) is 0 Å². The highest BCUT2D eigenvalue weighted by molar-refractivity contribution is 7.99. The first-order valence-electron chi connectivity index (χ1n) is 8.87. The third-order valence-electron chi connectivity index (χ3n) is 4.09. The largest absolute Gasteiger partial charge is 0.403 e. The van der Waals surface area contributed by atoms with Crippen LogP contribution in [0.3, 0.4) is 0 Å². The number of carbonyl (C=O) groups excluding carboxylic acids is 1. The summed E-state index contributed by atoms with van der Waals surface area (Å²) in [5.41, 5.74) is 4.12. The Bertz CT molecular complexity index is 933. The van der Waals surface area contributed by atoms with Crippen LogP contribution in [0.5, 0.6) is 0 Å². The fourth-order valence-corrected chi connectivity index (χ4v) is 3.41. The molecule has 3 rings (SSSR count). The summed E-state index contributed by atoms with van der Waals surface area (Å²) in [4.78, 5) is 13.4. The van der Waals surface area contributed by atoms with Crippen molar-refractivity contribution in [3.63, 3.8) is 0 Å². The Kier molecular flexibility index (Phi) is 5.96. The molecule has 6 heteroatoms. The topological polar surface area (TPSA) is 68.0 Å². The van der Waals surface area contributed by atoms with E-state index < -0.39 is 0 Å². The third kappa shape index (κ3) is 5.20. The van der Waals surface area contributed by atoms with Crippen molar-refractivity contribution in [2.75, 3.05) is 5.32 Å². The Balaban J connectivity index is 1.61. The number of nitrogens with one attached hydrogen (secondary N) is 1. The molecule has 1 N–H and O–H groups in total. The van der Waals surface area contributed by atoms with Crippen molar-refractivity contribution in [2.24, 2.45) is 0 Å². The third-order valence-corrected chi connectivity index (χ3v) is 5.10. The molecule has 1 heterocycles. The summed E-state index contributed by atoms with van der Waals surface area (Å²) in [7, 11) is 0. The molecular formula is C21H23N3O2S. The predicted octanol–water partition coefficient (Wildman–Crippen LogP) is 5.04. The normalized spacial score (nSPS) is 11.0. The molecule has 0 radical (unpaired) electrons. The highest BCUT2D eigenvalue weighted by Gasteiger charge is 2.12. The number of hydrogen-bond donors (Lipinski definition) is 1. The number of aryl methyl sites for hydroxylation is 2. The minimum Gasteiger partial charge on any atom is -0.403 e. The van der Waals surface area contributed by atoms with Gasteiger partial charge in [-0.2, -0.15) is 0 Å². The summed E-state index contributed by atoms with van der Waals surface area (Å²) in [5, 5.41) is 11.1. The van der Waals surface area contributed by atoms with Gasteiger partial charge in [0, 0.05) is 15.7 Å². The van der Waals surface area contributed by atoms with E-state index in [1.807, 2.05) is 56.3 Å². The van der Waals surface area contributed by atoms with Crippen molar-refractivity contribution >= 4 is 23.7 Å². The highest BCUT2D eigenvalue weighted by atomic mass is 32.2. The summed E-state index contributed by atoms with van der Waals surface area (Å²) in [5.74, 6) is 0.206. The maximum absolute atomic E-state index is 12.2. The lowest BCUT2D eigenvalue weighted by molar-refractivity contribution is -0.115. The lowest BCUT2D eigenvalue weighted by atomic mass is 10.1. The molecule has 0 saturated carbocycles. The Morgan fingerprint density at radius 3 is 2.48 bits per heavy atom. The molecule has 0 unspecified atom stereocenters. The molecule has 0 aliphatic heterocycles. The predicted molar refractivity (Wildman–Crippen MR) is 109 cm³/mol. The number of thioether (sulfide) groups is 1. The maximum Gasteiger partial charge on any atom is 0.322 e. The van der Waals surface area contributed by atoms with Crippen molar-refractivity contribution < 1.29 is 9.21 Å². The standard InChI is InChI=1S/C21H23N3O2S/c1-13(2)27-18-9-6-16(7-10-18)12-19(25)22-21-24-23-20(26-21)17-8-5-14(3)15(4)11-17/h5-11,13H,12H2,1-4H3,(H,22,24,25). The number of carbonyl (C=O) groups is 1. The van der Waals surface area contributed by atoms with Crippen LogP contribution >= 0.6 is 11.8 Å². The molecule has 140 valence electrons. The van der Waals surface area contributed by atoms with Gasteiger partial charge in [0.05, 0.1) is 6.42 Å². The van der Waals surface area contributed by atoms with Gasteiger partial charge in [-0.05, 0) is 54.8 Å². The molecule has 0 spiro atoms. The van der Waals surface area contributed by atoms with Crippen LogP contribution in [-0.4, -0.2) is 21.4 Å². The maximum atomic E-state index is 12.2. The second-order valence-corrected chi connectivity index (χ2v) is 8.40. The number of aromatic nitrogens is 2. The Hall–Kier alpha value is -2.60. The van der Waals surface area contributed by atoms with Crippen molar-refractivity contribution in [3.05, 3.63) is 59.2 Å². The second-order valence-electron chi connectivity index (χ2n) is 6.75. The van der Waals surface area contributed by atoms with E-state index in [9.17, 15) is 4.79 Å². The minimum absolute atomic E-state index is 0.111. The van der Waals surface area contributed by atoms with E-state index in [0.29, 0.717) is 11.1 Å². The van der Waals surface area contributed by atoms with Crippen LogP contribution in [0.1, 0.15) is 30.5 Å². The zero-order valence-corrected chi connectivity index (χ0v) is 16.8. The van der Waals surface area contributed by atoms with E-state index in [2.05, 4.69) is 29.4 Å². The molecule has 3 aromatic rings. The molecular weight excluding hydrogens is 358 g/mol. The van der Waals surface area contributed by atoms with E-state index in [4.69, 9.17) is 4.42 Å². The minimum atomic E-state index is -0.186. The van der Waals surface area contributed by atoms with Gasteiger partial charge in [-0.1, -0.05) is 37.1 Å². The van der Waals surface area contributed by atoms with Crippen LogP contribution < -0.4 is 5.32 Å². The first kappa shape index (κ1) is 19.2. The van der Waals surface area contributed by atoms with Crippen molar-refractivity contribution in [3.8, 4) is 11.5 Å². The lowest BCUT2D eigenvalue weighted by Crippen LogP contribution is -2.14. The number of hydrogen-bond acceptors (Lipinski definition) is 5. The summed E-state index contributed by atoms with van der Waals surface area (Å²) in [6.07, 6.45) is 0.258. The second kappa shape index (κ2) is 8.39. The number of rotatable bonds is 6. The number of amides is 1. The summed E-state index contributed by atoms with van der Waals surface area (Å²) < 4.78 is 5.58. The quantitative estimate of drug-likeness (QED) is 0.606. The van der Waals surface area contributed by atoms with Gasteiger partial charge < -0.3 is 4.42 Å². The van der Waals surface area contributed by atoms with E-state index in [-0.39, 0.29) is 18.3 Å². The van der Waals surface area contributed by atoms with Gasteiger partial charge in [0.2, 0.25) is 11.8 Å². The average molecular weight is 382 g/mol. The average Bonchev–Trinajstić information content (AvgIpc) is 3.07. The van der Waals surface area contributed by atoms with Gasteiger partial charge in [-0.3, -0.25) is 10.1 Å². The Labute approximate surface area is 163 Å². The van der Waals surface area contributed by atoms with Gasteiger partial charge in [-0.15, -0.1) is 16.9 Å². The molecule has 0 saturated heterocycles. The molecule has 0 bridgehead atoms. The van der Waals surface area contributed by atoms with E-state index >= 15 is 0 Å². The zero-order valence-electron chi connectivity index (χ0n) is 15.9. The van der Waals surface area contributed by atoms with Crippen molar-refractivity contribution in [1.29, 1.82) is 0 Å². The highest BCUT2D eigenvalue weighted by Crippen LogP contribution is 2.24. The number of nitrogens with zero attached hydrogens (tertiary/aromatic N) is 2. The van der Waals surface area contributed by atoms with E-state index in [1.165, 1.54) is 10.5 Å². The van der Waals surface area contributed by atoms with E-state index in [1.54, 1.807) is 11.8 Å². The summed E-state index contributed by atoms with van der Waals surface area (Å²) >= 11 is 1.80. The molecule has 27 heavy (non-hydrogen) atoms. The monoisotopic (exact) mass is 381 g/mol. The first-order valence-corrected chi connectivity index (χ1v) is 9.75. The van der Waals surface area contributed by atoms with Crippen LogP contribution in [-0.2, 0) is 11.2 Å². The fraction of sp³-hybridized carbons (Fsp3) is 0.286. The smallest absolute Gasteiger partial charge is 0.322 e. The molecule has 0 fully saturated rings. The molecule has 5 nitrogen and oxygen atoms in total. The van der Waals surface area contributed by atoms with Crippen LogP contribution in [0.2, 0.25) is 0 Å². The molecule has 1 amide bonds. The lowest BCUT2D eigenvalue weighted by Gasteiger charge is -2.06. The SMILES string of the molecule is Cc1ccc(-c2nnc(NC(=O)Cc3ccc(SC(C)C)cc3)o2)cc1C. The molecule has 0 atom stereocenters. The first-order chi connectivity index (χ1) is 12.9. The van der Waals surface area contributed by atoms with Gasteiger partial charge in [0.15, 0.2) is 0 Å². The summed E-state index contributed by atoms with van der Waals surface area (Å²) in [6, 6.07) is 14.1. The zero-order chi connectivity index (χ0) is 19.4. The number of benzene rings is 2. The fourth-order valence-electron chi connectivity index (χ4n) is 2.57. The van der Waals surface area contributed by atoms with Crippen molar-refractivity contribution in [1.82, 2.24) is 10.2 Å². The van der Waals surface area contributed by atoms with Crippen LogP contribution in [0, 0.1) is 13.8 Å². The van der Waals surface area contributed by atoms with Crippen LogP contribution in [0.25, 0.3) is 11.5 Å². The van der Waals surface area contributed by atoms with Crippen molar-refractivity contribution in [2.45, 2.75) is 44.3 Å². The summed E-state index contributed by atoms with van der Waals surface area (Å²) in [6.45, 7) is 8.39. The van der Waals surface area contributed by atoms with E-state index in [0.717, 1.165) is 16.7 Å². The van der Waals surface area contributed by atoms with Gasteiger partial charge in [-0.25, -0.2) is 0 Å².